The van der Waals surface area contributed by atoms with Crippen molar-refractivity contribution in [1.82, 2.24) is 0 Å². The molecule has 2 aromatic carbocycles. The van der Waals surface area contributed by atoms with Crippen molar-refractivity contribution in [3.63, 3.8) is 0 Å². The number of nitrogens with one attached hydrogen (secondary N) is 1. The highest BCUT2D eigenvalue weighted by molar-refractivity contribution is 7.85. The minimum atomic E-state index is -1.33. The molecule has 136 valence electrons. The lowest BCUT2D eigenvalue weighted by Gasteiger charge is -2.09. The van der Waals surface area contributed by atoms with Gasteiger partial charge in [-0.1, -0.05) is 19.1 Å². The summed E-state index contributed by atoms with van der Waals surface area (Å²) in [5.41, 5.74) is 0.384. The van der Waals surface area contributed by atoms with Crippen LogP contribution in [0.3, 0.4) is 0 Å². The summed E-state index contributed by atoms with van der Waals surface area (Å²) in [5.74, 6) is -0.993. The van der Waals surface area contributed by atoms with Crippen molar-refractivity contribution in [2.45, 2.75) is 11.8 Å². The normalized spacial score (nSPS) is 11.4. The van der Waals surface area contributed by atoms with Crippen molar-refractivity contribution in [3.05, 3.63) is 64.2 Å². The molecule has 8 nitrogen and oxygen atoms in total. The van der Waals surface area contributed by atoms with Gasteiger partial charge in [-0.05, 0) is 24.3 Å². The smallest absolute Gasteiger partial charge is 0.339 e. The molecule has 0 fully saturated rings. The molecule has 0 aliphatic carbocycles. The van der Waals surface area contributed by atoms with Crippen LogP contribution in [0.15, 0.2) is 53.4 Å². The predicted molar refractivity (Wildman–Crippen MR) is 95.4 cm³/mol. The van der Waals surface area contributed by atoms with Crippen LogP contribution in [0.1, 0.15) is 17.3 Å². The highest BCUT2D eigenvalue weighted by Gasteiger charge is 2.17. The molecule has 0 bridgehead atoms. The van der Waals surface area contributed by atoms with E-state index in [1.54, 1.807) is 25.1 Å². The molecule has 9 heteroatoms. The number of nitro groups is 1. The predicted octanol–water partition coefficient (Wildman–Crippen LogP) is 2.52. The van der Waals surface area contributed by atoms with Gasteiger partial charge in [0, 0.05) is 23.6 Å². The van der Waals surface area contributed by atoms with Crippen LogP contribution < -0.4 is 5.32 Å². The maximum absolute atomic E-state index is 12.2. The maximum Gasteiger partial charge on any atom is 0.339 e. The lowest BCUT2D eigenvalue weighted by molar-refractivity contribution is -0.384. The summed E-state index contributed by atoms with van der Waals surface area (Å²) < 4.78 is 16.9. The third-order valence-corrected chi connectivity index (χ3v) is 4.68. The van der Waals surface area contributed by atoms with Crippen LogP contribution in [0.5, 0.6) is 0 Å². The molecule has 1 atom stereocenters. The van der Waals surface area contributed by atoms with Crippen molar-refractivity contribution in [1.29, 1.82) is 0 Å². The standard InChI is InChI=1S/C17H16N2O6S/c1-2-26(24)15-6-4-3-5-14(15)17(21)25-11-16(20)18-12-7-9-13(10-8-12)19(22)23/h3-10H,2,11H2,1H3,(H,18,20)/t26-/m1/s1. The number of carbonyl (C=O) groups is 2. The summed E-state index contributed by atoms with van der Waals surface area (Å²) in [6, 6.07) is 11.6. The van der Waals surface area contributed by atoms with E-state index in [4.69, 9.17) is 4.74 Å². The number of rotatable bonds is 7. The van der Waals surface area contributed by atoms with Crippen LogP contribution in [0.4, 0.5) is 11.4 Å². The molecule has 1 amide bonds. The van der Waals surface area contributed by atoms with Crippen LogP contribution in [-0.4, -0.2) is 33.4 Å². The summed E-state index contributed by atoms with van der Waals surface area (Å²) in [5, 5.41) is 13.0. The maximum atomic E-state index is 12.2. The number of anilines is 1. The van der Waals surface area contributed by atoms with Gasteiger partial charge >= 0.3 is 5.97 Å². The molecule has 0 aromatic heterocycles. The highest BCUT2D eigenvalue weighted by Crippen LogP contribution is 2.16. The number of esters is 1. The Morgan fingerprint density at radius 2 is 1.81 bits per heavy atom. The van der Waals surface area contributed by atoms with Gasteiger partial charge in [0.1, 0.15) is 0 Å². The molecule has 2 rings (SSSR count). The molecule has 26 heavy (non-hydrogen) atoms. The van der Waals surface area contributed by atoms with E-state index in [9.17, 15) is 23.9 Å². The van der Waals surface area contributed by atoms with Crippen LogP contribution in [0.25, 0.3) is 0 Å². The molecular formula is C17H16N2O6S. The number of carbonyl (C=O) groups excluding carboxylic acids is 2. The molecule has 0 saturated carbocycles. The number of hydrogen-bond acceptors (Lipinski definition) is 6. The zero-order valence-corrected chi connectivity index (χ0v) is 14.7. The fourth-order valence-corrected chi connectivity index (χ4v) is 3.00. The fraction of sp³-hybridized carbons (Fsp3) is 0.176. The van der Waals surface area contributed by atoms with Gasteiger partial charge in [-0.3, -0.25) is 19.1 Å². The van der Waals surface area contributed by atoms with Gasteiger partial charge in [-0.2, -0.15) is 0 Å². The Labute approximate surface area is 151 Å². The summed E-state index contributed by atoms with van der Waals surface area (Å²) >= 11 is 0. The van der Waals surface area contributed by atoms with Gasteiger partial charge in [-0.15, -0.1) is 0 Å². The second-order valence-electron chi connectivity index (χ2n) is 5.06. The first-order chi connectivity index (χ1) is 12.4. The zero-order valence-electron chi connectivity index (χ0n) is 13.8. The molecule has 0 aliphatic rings. The number of ether oxygens (including phenoxy) is 1. The molecule has 0 heterocycles. The van der Waals surface area contributed by atoms with Gasteiger partial charge in [0.15, 0.2) is 6.61 Å². The molecule has 0 unspecified atom stereocenters. The van der Waals surface area contributed by atoms with E-state index in [0.717, 1.165) is 0 Å². The second-order valence-corrected chi connectivity index (χ2v) is 6.77. The third kappa shape index (κ3) is 4.96. The Morgan fingerprint density at radius 3 is 2.42 bits per heavy atom. The van der Waals surface area contributed by atoms with Crippen molar-refractivity contribution in [2.75, 3.05) is 17.7 Å². The minimum Gasteiger partial charge on any atom is -0.452 e. The summed E-state index contributed by atoms with van der Waals surface area (Å²) in [6.45, 7) is 1.19. The van der Waals surface area contributed by atoms with E-state index in [2.05, 4.69) is 5.32 Å². The summed E-state index contributed by atoms with van der Waals surface area (Å²) in [6.07, 6.45) is 0. The van der Waals surface area contributed by atoms with Crippen molar-refractivity contribution in [3.8, 4) is 0 Å². The highest BCUT2D eigenvalue weighted by atomic mass is 32.2. The van der Waals surface area contributed by atoms with Gasteiger partial charge in [-0.25, -0.2) is 4.79 Å². The Hall–Kier alpha value is -3.07. The molecule has 0 aliphatic heterocycles. The molecule has 0 radical (unpaired) electrons. The lowest BCUT2D eigenvalue weighted by atomic mass is 10.2. The second kappa shape index (κ2) is 8.86. The van der Waals surface area contributed by atoms with Gasteiger partial charge in [0.05, 0.1) is 26.2 Å². The SMILES string of the molecule is CC[S@@](=O)c1ccccc1C(=O)OCC(=O)Nc1ccc([N+](=O)[O-])cc1. The first kappa shape index (κ1) is 19.3. The van der Waals surface area contributed by atoms with Gasteiger partial charge in [0.25, 0.3) is 11.6 Å². The first-order valence-corrected chi connectivity index (χ1v) is 8.93. The number of nitrogens with zero attached hydrogens (tertiary/aromatic N) is 1. The summed E-state index contributed by atoms with van der Waals surface area (Å²) in [4.78, 5) is 34.4. The molecule has 2 aromatic rings. The van der Waals surface area contributed by atoms with Crippen LogP contribution >= 0.6 is 0 Å². The first-order valence-electron chi connectivity index (χ1n) is 7.61. The van der Waals surface area contributed by atoms with Crippen LogP contribution in [0.2, 0.25) is 0 Å². The quantitative estimate of drug-likeness (QED) is 0.451. The number of amides is 1. The van der Waals surface area contributed by atoms with E-state index >= 15 is 0 Å². The summed E-state index contributed by atoms with van der Waals surface area (Å²) in [7, 11) is -1.33. The monoisotopic (exact) mass is 376 g/mol. The van der Waals surface area contributed by atoms with Gasteiger partial charge < -0.3 is 10.1 Å². The largest absolute Gasteiger partial charge is 0.452 e. The molecule has 0 spiro atoms. The zero-order chi connectivity index (χ0) is 19.1. The molecular weight excluding hydrogens is 360 g/mol. The number of benzene rings is 2. The Morgan fingerprint density at radius 1 is 1.15 bits per heavy atom. The van der Waals surface area contributed by atoms with Crippen LogP contribution in [0, 0.1) is 10.1 Å². The average molecular weight is 376 g/mol. The van der Waals surface area contributed by atoms with Gasteiger partial charge in [0.2, 0.25) is 0 Å². The Bertz CT molecular complexity index is 851. The fourth-order valence-electron chi connectivity index (χ4n) is 2.06. The topological polar surface area (TPSA) is 116 Å². The van der Waals surface area contributed by atoms with E-state index in [1.165, 1.54) is 30.3 Å². The lowest BCUT2D eigenvalue weighted by Crippen LogP contribution is -2.21. The minimum absolute atomic E-state index is 0.102. The van der Waals surface area contributed by atoms with Crippen molar-refractivity contribution < 1.29 is 23.5 Å². The van der Waals surface area contributed by atoms with E-state index < -0.39 is 34.2 Å². The van der Waals surface area contributed by atoms with Crippen molar-refractivity contribution >= 4 is 34.1 Å². The third-order valence-electron chi connectivity index (χ3n) is 3.31. The van der Waals surface area contributed by atoms with E-state index in [0.29, 0.717) is 16.3 Å². The Kier molecular flexibility index (Phi) is 6.56. The number of hydrogen-bond donors (Lipinski definition) is 1. The number of nitro benzene ring substituents is 1. The van der Waals surface area contributed by atoms with E-state index in [1.807, 2.05) is 0 Å². The Balaban J connectivity index is 1.96. The van der Waals surface area contributed by atoms with Crippen molar-refractivity contribution in [2.24, 2.45) is 0 Å². The molecule has 1 N–H and O–H groups in total. The number of non-ortho nitro benzene ring substituents is 1. The average Bonchev–Trinajstić information content (AvgIpc) is 2.65. The van der Waals surface area contributed by atoms with Crippen LogP contribution in [-0.2, 0) is 20.3 Å². The van der Waals surface area contributed by atoms with E-state index in [-0.39, 0.29) is 11.3 Å². The molecule has 0 saturated heterocycles.